The molecular formula is C19H23N3O. The van der Waals surface area contributed by atoms with Crippen LogP contribution in [0.25, 0.3) is 11.3 Å². The van der Waals surface area contributed by atoms with Crippen molar-refractivity contribution < 1.29 is 4.79 Å². The van der Waals surface area contributed by atoms with Crippen molar-refractivity contribution in [3.8, 4) is 11.3 Å². The molecule has 1 saturated carbocycles. The lowest BCUT2D eigenvalue weighted by Gasteiger charge is -2.22. The molecule has 0 bridgehead atoms. The average Bonchev–Trinajstić information content (AvgIpc) is 2.93. The molecule has 2 aromatic rings. The van der Waals surface area contributed by atoms with Crippen molar-refractivity contribution in [2.45, 2.75) is 51.0 Å². The van der Waals surface area contributed by atoms with Crippen LogP contribution in [0.2, 0.25) is 0 Å². The van der Waals surface area contributed by atoms with Crippen LogP contribution in [0, 0.1) is 0 Å². The van der Waals surface area contributed by atoms with Gasteiger partial charge in [0.1, 0.15) is 0 Å². The Morgan fingerprint density at radius 2 is 1.96 bits per heavy atom. The zero-order valence-corrected chi connectivity index (χ0v) is 13.6. The molecule has 4 rings (SSSR count). The third-order valence-corrected chi connectivity index (χ3v) is 5.22. The van der Waals surface area contributed by atoms with Gasteiger partial charge in [0.15, 0.2) is 5.69 Å². The van der Waals surface area contributed by atoms with Crippen LogP contribution in [0.5, 0.6) is 0 Å². The van der Waals surface area contributed by atoms with E-state index in [-0.39, 0.29) is 5.91 Å². The Labute approximate surface area is 136 Å². The Bertz CT molecular complexity index is 741. The second-order valence-corrected chi connectivity index (χ2v) is 6.76. The topological polar surface area (TPSA) is 46.9 Å². The van der Waals surface area contributed by atoms with Gasteiger partial charge in [-0.2, -0.15) is 5.10 Å². The van der Waals surface area contributed by atoms with Gasteiger partial charge in [-0.25, -0.2) is 0 Å². The van der Waals surface area contributed by atoms with E-state index in [0.717, 1.165) is 36.9 Å². The fraction of sp³-hybridized carbons (Fsp3) is 0.474. The lowest BCUT2D eigenvalue weighted by Crippen LogP contribution is -2.36. The Kier molecular flexibility index (Phi) is 3.68. The number of nitrogens with one attached hydrogen (secondary N) is 1. The fourth-order valence-corrected chi connectivity index (χ4v) is 4.05. The predicted molar refractivity (Wildman–Crippen MR) is 90.4 cm³/mol. The minimum atomic E-state index is 0.00753. The van der Waals surface area contributed by atoms with E-state index in [2.05, 4.69) is 34.7 Å². The highest BCUT2D eigenvalue weighted by Gasteiger charge is 2.28. The first-order valence-corrected chi connectivity index (χ1v) is 8.69. The molecule has 0 spiro atoms. The van der Waals surface area contributed by atoms with Crippen molar-refractivity contribution in [1.82, 2.24) is 15.1 Å². The van der Waals surface area contributed by atoms with Gasteiger partial charge in [0.25, 0.3) is 5.91 Å². The van der Waals surface area contributed by atoms with Crippen molar-refractivity contribution >= 4 is 5.91 Å². The molecule has 4 heteroatoms. The largest absolute Gasteiger partial charge is 0.348 e. The second kappa shape index (κ2) is 5.84. The fourth-order valence-electron chi connectivity index (χ4n) is 4.05. The van der Waals surface area contributed by atoms with E-state index in [1.807, 2.05) is 11.7 Å². The van der Waals surface area contributed by atoms with Gasteiger partial charge in [-0.05, 0) is 31.2 Å². The van der Waals surface area contributed by atoms with Crippen LogP contribution < -0.4 is 5.32 Å². The van der Waals surface area contributed by atoms with Crippen LogP contribution in [0.3, 0.4) is 0 Å². The number of aryl methyl sites for hydroxylation is 2. The van der Waals surface area contributed by atoms with Crippen LogP contribution in [0.15, 0.2) is 24.3 Å². The van der Waals surface area contributed by atoms with Crippen LogP contribution >= 0.6 is 0 Å². The molecule has 0 aliphatic heterocycles. The summed E-state index contributed by atoms with van der Waals surface area (Å²) in [5.74, 6) is 0.00753. The summed E-state index contributed by atoms with van der Waals surface area (Å²) in [4.78, 5) is 12.7. The number of carbonyl (C=O) groups excluding carboxylic acids is 1. The van der Waals surface area contributed by atoms with Crippen molar-refractivity contribution in [2.75, 3.05) is 0 Å². The van der Waals surface area contributed by atoms with Gasteiger partial charge < -0.3 is 5.32 Å². The van der Waals surface area contributed by atoms with Gasteiger partial charge in [0.05, 0.1) is 5.69 Å². The lowest BCUT2D eigenvalue weighted by molar-refractivity contribution is 0.0921. The van der Waals surface area contributed by atoms with E-state index in [4.69, 9.17) is 0 Å². The number of fused-ring (bicyclic) bond motifs is 3. The van der Waals surface area contributed by atoms with Crippen LogP contribution in [-0.2, 0) is 19.9 Å². The van der Waals surface area contributed by atoms with Gasteiger partial charge >= 0.3 is 0 Å². The summed E-state index contributed by atoms with van der Waals surface area (Å²) >= 11 is 0. The number of nitrogens with zero attached hydrogens (tertiary/aromatic N) is 2. The molecule has 1 amide bonds. The lowest BCUT2D eigenvalue weighted by atomic mass is 9.88. The van der Waals surface area contributed by atoms with Gasteiger partial charge in [0.2, 0.25) is 0 Å². The minimum absolute atomic E-state index is 0.00753. The van der Waals surface area contributed by atoms with E-state index in [1.165, 1.54) is 30.4 Å². The number of rotatable bonds is 2. The first kappa shape index (κ1) is 14.5. The van der Waals surface area contributed by atoms with Gasteiger partial charge in [-0.1, -0.05) is 43.5 Å². The van der Waals surface area contributed by atoms with E-state index < -0.39 is 0 Å². The molecule has 0 unspecified atom stereocenters. The monoisotopic (exact) mass is 309 g/mol. The molecule has 2 aliphatic carbocycles. The summed E-state index contributed by atoms with van der Waals surface area (Å²) in [7, 11) is 1.94. The molecule has 0 radical (unpaired) electrons. The van der Waals surface area contributed by atoms with Gasteiger partial charge in [-0.15, -0.1) is 0 Å². The number of benzene rings is 1. The Morgan fingerprint density at radius 1 is 1.17 bits per heavy atom. The van der Waals surface area contributed by atoms with Crippen LogP contribution in [0.4, 0.5) is 0 Å². The van der Waals surface area contributed by atoms with Crippen LogP contribution in [0.1, 0.15) is 53.7 Å². The molecule has 0 saturated heterocycles. The summed E-state index contributed by atoms with van der Waals surface area (Å²) in [6.45, 7) is 0. The van der Waals surface area contributed by atoms with Crippen molar-refractivity contribution in [1.29, 1.82) is 0 Å². The molecule has 120 valence electrons. The molecule has 23 heavy (non-hydrogen) atoms. The molecule has 0 atom stereocenters. The number of amides is 1. The van der Waals surface area contributed by atoms with E-state index in [9.17, 15) is 4.79 Å². The van der Waals surface area contributed by atoms with Gasteiger partial charge in [-0.3, -0.25) is 9.48 Å². The number of carbonyl (C=O) groups is 1. The highest BCUT2D eigenvalue weighted by atomic mass is 16.2. The summed E-state index contributed by atoms with van der Waals surface area (Å²) < 4.78 is 1.88. The molecule has 1 fully saturated rings. The predicted octanol–water partition coefficient (Wildman–Crippen LogP) is 3.25. The summed E-state index contributed by atoms with van der Waals surface area (Å²) in [5.41, 5.74) is 5.42. The third kappa shape index (κ3) is 2.56. The van der Waals surface area contributed by atoms with Gasteiger partial charge in [0, 0.05) is 24.2 Å². The van der Waals surface area contributed by atoms with E-state index in [1.54, 1.807) is 0 Å². The maximum Gasteiger partial charge on any atom is 0.272 e. The van der Waals surface area contributed by atoms with Crippen molar-refractivity contribution in [3.05, 3.63) is 41.1 Å². The second-order valence-electron chi connectivity index (χ2n) is 6.76. The summed E-state index contributed by atoms with van der Waals surface area (Å²) in [6.07, 6.45) is 7.82. The molecule has 1 N–H and O–H groups in total. The maximum absolute atomic E-state index is 12.7. The first-order chi connectivity index (χ1) is 11.2. The summed E-state index contributed by atoms with van der Waals surface area (Å²) in [6, 6.07) is 8.77. The quantitative estimate of drug-likeness (QED) is 0.925. The number of hydrogen-bond acceptors (Lipinski definition) is 2. The SMILES string of the molecule is Cn1nc(C(=O)NC2CCCCC2)c2c1-c1ccccc1CC2. The van der Waals surface area contributed by atoms with E-state index in [0.29, 0.717) is 11.7 Å². The molecular weight excluding hydrogens is 286 g/mol. The van der Waals surface area contributed by atoms with Crippen LogP contribution in [-0.4, -0.2) is 21.7 Å². The van der Waals surface area contributed by atoms with Crippen molar-refractivity contribution in [2.24, 2.45) is 7.05 Å². The average molecular weight is 309 g/mol. The molecule has 1 heterocycles. The van der Waals surface area contributed by atoms with E-state index >= 15 is 0 Å². The molecule has 1 aromatic carbocycles. The highest BCUT2D eigenvalue weighted by molar-refractivity contribution is 5.96. The standard InChI is InChI=1S/C19H23N3O/c1-22-18-15-10-6-5-7-13(15)11-12-16(18)17(21-22)19(23)20-14-8-3-2-4-9-14/h5-7,10,14H,2-4,8-9,11-12H2,1H3,(H,20,23). The Balaban J connectivity index is 1.65. The first-order valence-electron chi connectivity index (χ1n) is 8.69. The Hall–Kier alpha value is -2.10. The highest BCUT2D eigenvalue weighted by Crippen LogP contribution is 2.34. The zero-order chi connectivity index (χ0) is 15.8. The number of hydrogen-bond donors (Lipinski definition) is 1. The maximum atomic E-state index is 12.7. The Morgan fingerprint density at radius 3 is 2.78 bits per heavy atom. The zero-order valence-electron chi connectivity index (χ0n) is 13.6. The molecule has 1 aromatic heterocycles. The third-order valence-electron chi connectivity index (χ3n) is 5.22. The normalized spacial score (nSPS) is 17.4. The summed E-state index contributed by atoms with van der Waals surface area (Å²) in [5, 5.41) is 7.77. The number of aromatic nitrogens is 2. The molecule has 2 aliphatic rings. The smallest absolute Gasteiger partial charge is 0.272 e. The molecule has 4 nitrogen and oxygen atoms in total. The van der Waals surface area contributed by atoms with Crippen molar-refractivity contribution in [3.63, 3.8) is 0 Å². The minimum Gasteiger partial charge on any atom is -0.348 e.